The molecule has 132 valence electrons. The lowest BCUT2D eigenvalue weighted by Gasteiger charge is -2.41. The molecule has 0 spiro atoms. The Balaban J connectivity index is 0.00000116. The van der Waals surface area contributed by atoms with Crippen LogP contribution in [-0.2, 0) is 4.74 Å². The Morgan fingerprint density at radius 2 is 1.32 bits per heavy atom. The zero-order valence-electron chi connectivity index (χ0n) is 15.4. The summed E-state index contributed by atoms with van der Waals surface area (Å²) in [4.78, 5) is 0. The van der Waals surface area contributed by atoms with E-state index in [0.717, 1.165) is 25.7 Å². The molecule has 4 atom stereocenters. The number of rotatable bonds is 3. The predicted octanol–water partition coefficient (Wildman–Crippen LogP) is 6.52. The van der Waals surface area contributed by atoms with Gasteiger partial charge in [-0.05, 0) is 49.4 Å². The Morgan fingerprint density at radius 1 is 0.773 bits per heavy atom. The van der Waals surface area contributed by atoms with Gasteiger partial charge in [0.15, 0.2) is 0 Å². The summed E-state index contributed by atoms with van der Waals surface area (Å²) in [5.41, 5.74) is 0. The predicted molar refractivity (Wildman–Crippen MR) is 89.0 cm³/mol. The van der Waals surface area contributed by atoms with E-state index in [2.05, 4.69) is 27.7 Å². The number of alkyl halides is 2. The molecular weight excluding hydrogens is 282 g/mol. The van der Waals surface area contributed by atoms with Crippen LogP contribution in [0.15, 0.2) is 0 Å². The molecule has 0 saturated heterocycles. The maximum Gasteiger partial charge on any atom is 0.358 e. The molecule has 2 fully saturated rings. The Morgan fingerprint density at radius 3 is 1.86 bits per heavy atom. The SMILES string of the molecule is CC.CC1CCC(C(F)(F)OC2CCC(C)C(C)C2C)CC1. The van der Waals surface area contributed by atoms with E-state index in [-0.39, 0.29) is 12.0 Å². The molecule has 0 aromatic carbocycles. The standard InChI is InChI=1S/C17H30F2O.C2H6/c1-11-5-8-15(9-6-11)17(18,19)20-16-10-7-12(2)13(3)14(16)4;1-2/h11-16H,5-10H2,1-4H3;1-2H3. The van der Waals surface area contributed by atoms with Crippen LogP contribution >= 0.6 is 0 Å². The molecule has 0 N–H and O–H groups in total. The van der Waals surface area contributed by atoms with Crippen molar-refractivity contribution in [2.45, 2.75) is 92.3 Å². The van der Waals surface area contributed by atoms with Crippen LogP contribution in [0.5, 0.6) is 0 Å². The van der Waals surface area contributed by atoms with Gasteiger partial charge < -0.3 is 4.74 Å². The highest BCUT2D eigenvalue weighted by molar-refractivity contribution is 4.84. The zero-order valence-corrected chi connectivity index (χ0v) is 15.4. The van der Waals surface area contributed by atoms with Gasteiger partial charge in [0.2, 0.25) is 0 Å². The summed E-state index contributed by atoms with van der Waals surface area (Å²) in [6, 6.07) is 0. The highest BCUT2D eigenvalue weighted by Gasteiger charge is 2.46. The van der Waals surface area contributed by atoms with Crippen molar-refractivity contribution in [3.05, 3.63) is 0 Å². The van der Waals surface area contributed by atoms with Gasteiger partial charge in [-0.25, -0.2) is 0 Å². The maximum atomic E-state index is 14.4. The van der Waals surface area contributed by atoms with E-state index in [9.17, 15) is 8.78 Å². The molecule has 0 heterocycles. The molecule has 0 radical (unpaired) electrons. The van der Waals surface area contributed by atoms with E-state index < -0.39 is 12.0 Å². The Labute approximate surface area is 136 Å². The minimum absolute atomic E-state index is 0.229. The Bertz CT molecular complexity index is 311. The minimum Gasteiger partial charge on any atom is -0.317 e. The van der Waals surface area contributed by atoms with E-state index in [4.69, 9.17) is 4.74 Å². The first-order chi connectivity index (χ1) is 10.3. The second-order valence-electron chi connectivity index (χ2n) is 7.45. The zero-order chi connectivity index (χ0) is 16.9. The molecule has 2 saturated carbocycles. The van der Waals surface area contributed by atoms with Crippen LogP contribution < -0.4 is 0 Å². The summed E-state index contributed by atoms with van der Waals surface area (Å²) in [6.45, 7) is 12.6. The van der Waals surface area contributed by atoms with Crippen LogP contribution in [0.25, 0.3) is 0 Å². The second-order valence-corrected chi connectivity index (χ2v) is 7.45. The highest BCUT2D eigenvalue weighted by Crippen LogP contribution is 2.43. The van der Waals surface area contributed by atoms with Crippen molar-refractivity contribution in [3.63, 3.8) is 0 Å². The van der Waals surface area contributed by atoms with Crippen molar-refractivity contribution in [2.75, 3.05) is 0 Å². The number of hydrogen-bond donors (Lipinski definition) is 0. The Hall–Kier alpha value is -0.180. The lowest BCUT2D eigenvalue weighted by atomic mass is 9.73. The maximum absolute atomic E-state index is 14.4. The van der Waals surface area contributed by atoms with Crippen molar-refractivity contribution in [1.82, 2.24) is 0 Å². The van der Waals surface area contributed by atoms with Gasteiger partial charge in [0.05, 0.1) is 12.0 Å². The van der Waals surface area contributed by atoms with E-state index >= 15 is 0 Å². The first kappa shape index (κ1) is 19.9. The monoisotopic (exact) mass is 318 g/mol. The fourth-order valence-electron chi connectivity index (χ4n) is 3.87. The van der Waals surface area contributed by atoms with Crippen LogP contribution in [-0.4, -0.2) is 12.2 Å². The fourth-order valence-corrected chi connectivity index (χ4v) is 3.87. The first-order valence-corrected chi connectivity index (χ1v) is 9.37. The van der Waals surface area contributed by atoms with Crippen LogP contribution in [0.4, 0.5) is 8.78 Å². The first-order valence-electron chi connectivity index (χ1n) is 9.37. The second kappa shape index (κ2) is 8.61. The van der Waals surface area contributed by atoms with Gasteiger partial charge in [-0.1, -0.05) is 54.4 Å². The van der Waals surface area contributed by atoms with E-state index in [0.29, 0.717) is 30.6 Å². The lowest BCUT2D eigenvalue weighted by molar-refractivity contribution is -0.310. The van der Waals surface area contributed by atoms with E-state index in [1.54, 1.807) is 0 Å². The molecular formula is C19H36F2O. The van der Waals surface area contributed by atoms with Gasteiger partial charge in [-0.2, -0.15) is 8.78 Å². The molecule has 0 bridgehead atoms. The third kappa shape index (κ3) is 4.91. The van der Waals surface area contributed by atoms with Gasteiger partial charge in [0.1, 0.15) is 0 Å². The molecule has 0 aliphatic heterocycles. The number of halogens is 2. The Kier molecular flexibility index (Phi) is 7.78. The summed E-state index contributed by atoms with van der Waals surface area (Å²) in [5, 5.41) is 0. The van der Waals surface area contributed by atoms with Crippen LogP contribution in [0, 0.1) is 29.6 Å². The van der Waals surface area contributed by atoms with Crippen molar-refractivity contribution in [2.24, 2.45) is 29.6 Å². The van der Waals surface area contributed by atoms with Crippen LogP contribution in [0.2, 0.25) is 0 Å². The van der Waals surface area contributed by atoms with Gasteiger partial charge >= 0.3 is 6.11 Å². The molecule has 0 aromatic rings. The van der Waals surface area contributed by atoms with Gasteiger partial charge in [0.25, 0.3) is 0 Å². The van der Waals surface area contributed by atoms with Crippen LogP contribution in [0.1, 0.15) is 80.1 Å². The average Bonchev–Trinajstić information content (AvgIpc) is 2.50. The third-order valence-electron chi connectivity index (χ3n) is 6.02. The quantitative estimate of drug-likeness (QED) is 0.575. The molecule has 0 amide bonds. The van der Waals surface area contributed by atoms with Gasteiger partial charge in [-0.15, -0.1) is 0 Å². The molecule has 4 unspecified atom stereocenters. The summed E-state index contributed by atoms with van der Waals surface area (Å²) in [7, 11) is 0. The van der Waals surface area contributed by atoms with Gasteiger partial charge in [0, 0.05) is 0 Å². The average molecular weight is 318 g/mol. The van der Waals surface area contributed by atoms with Gasteiger partial charge in [-0.3, -0.25) is 0 Å². The van der Waals surface area contributed by atoms with Crippen molar-refractivity contribution in [1.29, 1.82) is 0 Å². The fraction of sp³-hybridized carbons (Fsp3) is 1.00. The molecule has 0 aromatic heterocycles. The van der Waals surface area contributed by atoms with Crippen LogP contribution in [0.3, 0.4) is 0 Å². The molecule has 1 nitrogen and oxygen atoms in total. The molecule has 3 heteroatoms. The molecule has 2 aliphatic rings. The number of ether oxygens (including phenoxy) is 1. The minimum atomic E-state index is -2.93. The number of hydrogen-bond acceptors (Lipinski definition) is 1. The normalized spacial score (nSPS) is 39.8. The summed E-state index contributed by atoms with van der Waals surface area (Å²) in [6.07, 6.45) is 1.64. The summed E-state index contributed by atoms with van der Waals surface area (Å²) < 4.78 is 34.1. The topological polar surface area (TPSA) is 9.23 Å². The lowest BCUT2D eigenvalue weighted by Crippen LogP contribution is -2.43. The summed E-state index contributed by atoms with van der Waals surface area (Å²) >= 11 is 0. The third-order valence-corrected chi connectivity index (χ3v) is 6.02. The van der Waals surface area contributed by atoms with E-state index in [1.165, 1.54) is 0 Å². The van der Waals surface area contributed by atoms with Crippen molar-refractivity contribution in [3.8, 4) is 0 Å². The van der Waals surface area contributed by atoms with Crippen molar-refractivity contribution < 1.29 is 13.5 Å². The smallest absolute Gasteiger partial charge is 0.317 e. The van der Waals surface area contributed by atoms with E-state index in [1.807, 2.05) is 13.8 Å². The summed E-state index contributed by atoms with van der Waals surface area (Å²) in [5.74, 6) is 1.34. The largest absolute Gasteiger partial charge is 0.358 e. The molecule has 2 rings (SSSR count). The van der Waals surface area contributed by atoms with Crippen molar-refractivity contribution >= 4 is 0 Å². The highest BCUT2D eigenvalue weighted by atomic mass is 19.3. The molecule has 2 aliphatic carbocycles. The molecule has 22 heavy (non-hydrogen) atoms.